The van der Waals surface area contributed by atoms with E-state index in [0.717, 1.165) is 27.5 Å². The molecule has 1 aromatic heterocycles. The lowest BCUT2D eigenvalue weighted by molar-refractivity contribution is 0.101. The van der Waals surface area contributed by atoms with Gasteiger partial charge in [-0.3, -0.25) is 4.79 Å². The fourth-order valence-corrected chi connectivity index (χ4v) is 4.12. The molecular formula is C28H23FN4O. The molecule has 0 saturated heterocycles. The molecule has 3 N–H and O–H groups in total. The average Bonchev–Trinajstić information content (AvgIpc) is 3.25. The van der Waals surface area contributed by atoms with Crippen molar-refractivity contribution in [2.24, 2.45) is 5.73 Å². The molecule has 6 heteroatoms. The Hall–Kier alpha value is -4.29. The molecule has 0 saturated carbocycles. The average molecular weight is 451 g/mol. The number of hydrogen-bond donors (Lipinski definition) is 2. The highest BCUT2D eigenvalue weighted by atomic mass is 19.1. The van der Waals surface area contributed by atoms with Crippen molar-refractivity contribution in [3.05, 3.63) is 114 Å². The third-order valence-electron chi connectivity index (χ3n) is 5.80. The van der Waals surface area contributed by atoms with Gasteiger partial charge in [-0.2, -0.15) is 5.10 Å². The Morgan fingerprint density at radius 2 is 1.62 bits per heavy atom. The zero-order valence-electron chi connectivity index (χ0n) is 18.6. The van der Waals surface area contributed by atoms with Gasteiger partial charge in [0, 0.05) is 12.2 Å². The molecule has 0 aliphatic carbocycles. The first-order chi connectivity index (χ1) is 16.5. The number of nitrogens with two attached hydrogens (primary N) is 1. The van der Waals surface area contributed by atoms with Gasteiger partial charge < -0.3 is 11.1 Å². The summed E-state index contributed by atoms with van der Waals surface area (Å²) in [6, 6.07) is 27.8. The molecule has 1 amide bonds. The highest BCUT2D eigenvalue weighted by molar-refractivity contribution is 6.03. The Kier molecular flexibility index (Phi) is 5.65. The minimum absolute atomic E-state index is 0.227. The molecule has 34 heavy (non-hydrogen) atoms. The third kappa shape index (κ3) is 4.07. The number of amides is 1. The molecule has 0 bridgehead atoms. The second-order valence-corrected chi connectivity index (χ2v) is 8.13. The Labute approximate surface area is 196 Å². The molecule has 1 heterocycles. The Morgan fingerprint density at radius 1 is 0.941 bits per heavy atom. The summed E-state index contributed by atoms with van der Waals surface area (Å²) in [6.07, 6.45) is 0. The molecular weight excluding hydrogens is 427 g/mol. The number of nitrogens with one attached hydrogen (secondary N) is 1. The van der Waals surface area contributed by atoms with E-state index in [1.807, 2.05) is 72.8 Å². The molecule has 5 rings (SSSR count). The largest absolute Gasteiger partial charge is 0.326 e. The van der Waals surface area contributed by atoms with E-state index in [2.05, 4.69) is 10.4 Å². The molecule has 0 radical (unpaired) electrons. The van der Waals surface area contributed by atoms with Crippen LogP contribution in [0.2, 0.25) is 0 Å². The molecule has 0 fully saturated rings. The van der Waals surface area contributed by atoms with E-state index in [-0.39, 0.29) is 17.3 Å². The quantitative estimate of drug-likeness (QED) is 0.353. The van der Waals surface area contributed by atoms with Crippen molar-refractivity contribution in [1.82, 2.24) is 9.78 Å². The summed E-state index contributed by atoms with van der Waals surface area (Å²) < 4.78 is 16.3. The summed E-state index contributed by atoms with van der Waals surface area (Å²) in [5.74, 6) is -0.818. The van der Waals surface area contributed by atoms with Crippen molar-refractivity contribution in [1.29, 1.82) is 0 Å². The number of halogens is 1. The molecule has 5 nitrogen and oxygen atoms in total. The van der Waals surface area contributed by atoms with Gasteiger partial charge >= 0.3 is 0 Å². The number of carbonyl (C=O) groups is 1. The standard InChI is InChI=1S/C28H23FN4O/c1-18-14-27(33(32-18)26-16-21-7-3-2-6-20(21)15-25(26)29)28(34)31-23-12-10-19(11-13-23)24-9-5-4-8-22(24)17-30/h2-16H,17,30H2,1H3,(H,31,34). The van der Waals surface area contributed by atoms with E-state index in [9.17, 15) is 9.18 Å². The summed E-state index contributed by atoms with van der Waals surface area (Å²) >= 11 is 0. The van der Waals surface area contributed by atoms with Gasteiger partial charge in [-0.15, -0.1) is 0 Å². The molecule has 0 aliphatic rings. The summed E-state index contributed by atoms with van der Waals surface area (Å²) in [4.78, 5) is 13.1. The van der Waals surface area contributed by atoms with Gasteiger partial charge in [0.1, 0.15) is 17.2 Å². The fourth-order valence-electron chi connectivity index (χ4n) is 4.12. The first kappa shape index (κ1) is 21.6. The highest BCUT2D eigenvalue weighted by Crippen LogP contribution is 2.26. The molecule has 0 atom stereocenters. The van der Waals surface area contributed by atoms with Crippen LogP contribution in [0.3, 0.4) is 0 Å². The minimum atomic E-state index is -0.446. The van der Waals surface area contributed by atoms with E-state index in [1.165, 1.54) is 10.7 Å². The zero-order chi connectivity index (χ0) is 23.7. The smallest absolute Gasteiger partial charge is 0.274 e. The molecule has 0 spiro atoms. The van der Waals surface area contributed by atoms with Crippen LogP contribution in [0.15, 0.2) is 91.0 Å². The van der Waals surface area contributed by atoms with Crippen LogP contribution in [0.4, 0.5) is 10.1 Å². The summed E-state index contributed by atoms with van der Waals surface area (Å²) in [5, 5.41) is 8.94. The molecule has 4 aromatic carbocycles. The molecule has 5 aromatic rings. The van der Waals surface area contributed by atoms with Crippen molar-refractivity contribution < 1.29 is 9.18 Å². The van der Waals surface area contributed by atoms with Crippen LogP contribution in [-0.4, -0.2) is 15.7 Å². The van der Waals surface area contributed by atoms with Crippen molar-refractivity contribution in [2.75, 3.05) is 5.32 Å². The Bertz CT molecular complexity index is 1510. The molecule has 0 aliphatic heterocycles. The number of fused-ring (bicyclic) bond motifs is 1. The second-order valence-electron chi connectivity index (χ2n) is 8.13. The maximum absolute atomic E-state index is 15.0. The van der Waals surface area contributed by atoms with Gasteiger partial charge in [-0.25, -0.2) is 9.07 Å². The maximum Gasteiger partial charge on any atom is 0.274 e. The van der Waals surface area contributed by atoms with Gasteiger partial charge in [-0.05, 0) is 64.7 Å². The monoisotopic (exact) mass is 450 g/mol. The SMILES string of the molecule is Cc1cc(C(=O)Nc2ccc(-c3ccccc3CN)cc2)n(-c2cc3ccccc3cc2F)n1. The van der Waals surface area contributed by atoms with E-state index in [1.54, 1.807) is 19.1 Å². The number of carbonyl (C=O) groups excluding carboxylic acids is 1. The Balaban J connectivity index is 1.44. The number of hydrogen-bond acceptors (Lipinski definition) is 3. The number of rotatable bonds is 5. The van der Waals surface area contributed by atoms with Gasteiger partial charge in [-0.1, -0.05) is 60.7 Å². The van der Waals surface area contributed by atoms with E-state index < -0.39 is 5.82 Å². The molecule has 168 valence electrons. The van der Waals surface area contributed by atoms with Gasteiger partial charge in [0.05, 0.1) is 5.69 Å². The normalized spacial score (nSPS) is 11.0. The predicted octanol–water partition coefficient (Wildman–Crippen LogP) is 5.85. The van der Waals surface area contributed by atoms with Crippen LogP contribution >= 0.6 is 0 Å². The number of aryl methyl sites for hydroxylation is 1. The second kappa shape index (κ2) is 8.92. The van der Waals surface area contributed by atoms with Gasteiger partial charge in [0.15, 0.2) is 0 Å². The topological polar surface area (TPSA) is 72.9 Å². The van der Waals surface area contributed by atoms with Crippen LogP contribution < -0.4 is 11.1 Å². The van der Waals surface area contributed by atoms with Crippen molar-refractivity contribution in [2.45, 2.75) is 13.5 Å². The first-order valence-corrected chi connectivity index (χ1v) is 11.0. The van der Waals surface area contributed by atoms with Crippen LogP contribution in [0, 0.1) is 12.7 Å². The lowest BCUT2D eigenvalue weighted by Crippen LogP contribution is -2.17. The van der Waals surface area contributed by atoms with Crippen molar-refractivity contribution in [3.8, 4) is 16.8 Å². The van der Waals surface area contributed by atoms with Gasteiger partial charge in [0.2, 0.25) is 0 Å². The van der Waals surface area contributed by atoms with Crippen molar-refractivity contribution in [3.63, 3.8) is 0 Å². The van der Waals surface area contributed by atoms with Gasteiger partial charge in [0.25, 0.3) is 5.91 Å². The van der Waals surface area contributed by atoms with E-state index >= 15 is 0 Å². The summed E-state index contributed by atoms with van der Waals surface area (Å²) in [7, 11) is 0. The maximum atomic E-state index is 15.0. The number of benzene rings is 4. The summed E-state index contributed by atoms with van der Waals surface area (Å²) in [6.45, 7) is 2.22. The highest BCUT2D eigenvalue weighted by Gasteiger charge is 2.19. The van der Waals surface area contributed by atoms with Crippen LogP contribution in [0.5, 0.6) is 0 Å². The molecule has 0 unspecified atom stereocenters. The zero-order valence-corrected chi connectivity index (χ0v) is 18.6. The van der Waals surface area contributed by atoms with E-state index in [4.69, 9.17) is 5.73 Å². The van der Waals surface area contributed by atoms with Crippen LogP contribution in [0.1, 0.15) is 21.7 Å². The predicted molar refractivity (Wildman–Crippen MR) is 133 cm³/mol. The number of nitrogens with zero attached hydrogens (tertiary/aromatic N) is 2. The fraction of sp³-hybridized carbons (Fsp3) is 0.0714. The van der Waals surface area contributed by atoms with Crippen LogP contribution in [0.25, 0.3) is 27.6 Å². The lowest BCUT2D eigenvalue weighted by atomic mass is 9.99. The first-order valence-electron chi connectivity index (χ1n) is 11.0. The Morgan fingerprint density at radius 3 is 2.35 bits per heavy atom. The summed E-state index contributed by atoms with van der Waals surface area (Å²) in [5.41, 5.74) is 10.7. The lowest BCUT2D eigenvalue weighted by Gasteiger charge is -2.12. The third-order valence-corrected chi connectivity index (χ3v) is 5.80. The number of aromatic nitrogens is 2. The number of anilines is 1. The van der Waals surface area contributed by atoms with Crippen molar-refractivity contribution >= 4 is 22.4 Å². The van der Waals surface area contributed by atoms with E-state index in [0.29, 0.717) is 17.9 Å². The minimum Gasteiger partial charge on any atom is -0.326 e. The van der Waals surface area contributed by atoms with Crippen LogP contribution in [-0.2, 0) is 6.54 Å².